The number of hydrogen-bond donors (Lipinski definition) is 1. The fourth-order valence-electron chi connectivity index (χ4n) is 2.18. The summed E-state index contributed by atoms with van der Waals surface area (Å²) < 4.78 is 27.1. The summed E-state index contributed by atoms with van der Waals surface area (Å²) in [6.45, 7) is 0. The van der Waals surface area contributed by atoms with Gasteiger partial charge in [0.15, 0.2) is 0 Å². The van der Waals surface area contributed by atoms with Crippen LogP contribution in [0.15, 0.2) is 55.0 Å². The first-order valence-electron chi connectivity index (χ1n) is 6.87. The number of hydrogen-bond acceptors (Lipinski definition) is 3. The smallest absolute Gasteiger partial charge is 0.255 e. The Hall–Kier alpha value is -2.86. The van der Waals surface area contributed by atoms with Crippen LogP contribution in [-0.2, 0) is 0 Å². The van der Waals surface area contributed by atoms with Gasteiger partial charge in [-0.2, -0.15) is 0 Å². The predicted molar refractivity (Wildman–Crippen MR) is 86.8 cm³/mol. The zero-order valence-corrected chi connectivity index (χ0v) is 12.9. The van der Waals surface area contributed by atoms with E-state index < -0.39 is 17.5 Å². The van der Waals surface area contributed by atoms with Crippen LogP contribution in [0.1, 0.15) is 10.4 Å². The van der Waals surface area contributed by atoms with E-state index in [1.165, 1.54) is 42.9 Å². The van der Waals surface area contributed by atoms with Crippen molar-refractivity contribution < 1.29 is 13.6 Å². The van der Waals surface area contributed by atoms with E-state index in [4.69, 9.17) is 11.6 Å². The molecule has 0 fully saturated rings. The van der Waals surface area contributed by atoms with E-state index in [0.717, 1.165) is 12.1 Å². The van der Waals surface area contributed by atoms with Gasteiger partial charge in [0.05, 0.1) is 11.9 Å². The Morgan fingerprint density at radius 3 is 2.62 bits per heavy atom. The molecule has 4 nitrogen and oxygen atoms in total. The highest BCUT2D eigenvalue weighted by Gasteiger charge is 2.14. The van der Waals surface area contributed by atoms with Crippen LogP contribution >= 0.6 is 11.6 Å². The number of aromatic nitrogens is 2. The van der Waals surface area contributed by atoms with Crippen molar-refractivity contribution in [1.29, 1.82) is 0 Å². The van der Waals surface area contributed by atoms with Gasteiger partial charge in [-0.05, 0) is 30.3 Å². The minimum Gasteiger partial charge on any atom is -0.320 e. The van der Waals surface area contributed by atoms with Gasteiger partial charge in [-0.15, -0.1) is 0 Å². The predicted octanol–water partition coefficient (Wildman–Crippen LogP) is 4.33. The molecule has 0 saturated heterocycles. The van der Waals surface area contributed by atoms with Crippen LogP contribution in [-0.4, -0.2) is 15.9 Å². The van der Waals surface area contributed by atoms with E-state index in [0.29, 0.717) is 16.8 Å². The maximum atomic E-state index is 14.0. The molecule has 0 aliphatic carbocycles. The molecule has 1 N–H and O–H groups in total. The lowest BCUT2D eigenvalue weighted by Crippen LogP contribution is -2.13. The maximum absolute atomic E-state index is 14.0. The molecule has 0 spiro atoms. The first-order valence-corrected chi connectivity index (χ1v) is 7.25. The van der Waals surface area contributed by atoms with E-state index in [1.807, 2.05) is 0 Å². The monoisotopic (exact) mass is 345 g/mol. The summed E-state index contributed by atoms with van der Waals surface area (Å²) in [5.41, 5.74) is 1.13. The zero-order chi connectivity index (χ0) is 17.1. The Balaban J connectivity index is 1.96. The third-order valence-corrected chi connectivity index (χ3v) is 3.49. The molecule has 3 aromatic rings. The van der Waals surface area contributed by atoms with Crippen molar-refractivity contribution in [3.05, 3.63) is 77.3 Å². The number of carbonyl (C=O) groups is 1. The second-order valence-corrected chi connectivity index (χ2v) is 5.25. The average molecular weight is 346 g/mol. The number of pyridine rings is 2. The maximum Gasteiger partial charge on any atom is 0.255 e. The van der Waals surface area contributed by atoms with Crippen LogP contribution in [0.2, 0.25) is 5.15 Å². The number of nitrogens with zero attached hydrogens (tertiary/aromatic N) is 2. The molecule has 24 heavy (non-hydrogen) atoms. The molecule has 0 saturated carbocycles. The fourth-order valence-corrected chi connectivity index (χ4v) is 2.35. The third kappa shape index (κ3) is 3.38. The van der Waals surface area contributed by atoms with Crippen LogP contribution < -0.4 is 5.32 Å². The molecule has 0 radical (unpaired) electrons. The molecule has 0 aliphatic rings. The first-order chi connectivity index (χ1) is 11.5. The molecule has 7 heteroatoms. The van der Waals surface area contributed by atoms with Crippen molar-refractivity contribution in [2.75, 3.05) is 5.32 Å². The summed E-state index contributed by atoms with van der Waals surface area (Å²) in [6.07, 6.45) is 4.25. The van der Waals surface area contributed by atoms with Crippen molar-refractivity contribution in [3.8, 4) is 11.1 Å². The van der Waals surface area contributed by atoms with Crippen molar-refractivity contribution in [1.82, 2.24) is 9.97 Å². The summed E-state index contributed by atoms with van der Waals surface area (Å²) >= 11 is 5.77. The Labute approximate surface area is 141 Å². The van der Waals surface area contributed by atoms with Gasteiger partial charge >= 0.3 is 0 Å². The Bertz CT molecular complexity index is 918. The SMILES string of the molecule is O=C(Nc1cnccc1-c1ccc(F)cc1F)c1ccnc(Cl)c1. The summed E-state index contributed by atoms with van der Waals surface area (Å²) in [6, 6.07) is 7.67. The summed E-state index contributed by atoms with van der Waals surface area (Å²) in [7, 11) is 0. The number of halogens is 3. The van der Waals surface area contributed by atoms with Crippen LogP contribution in [0.4, 0.5) is 14.5 Å². The van der Waals surface area contributed by atoms with Gasteiger partial charge in [-0.1, -0.05) is 11.6 Å². The van der Waals surface area contributed by atoms with Crippen molar-refractivity contribution in [2.24, 2.45) is 0 Å². The van der Waals surface area contributed by atoms with Crippen LogP contribution in [0.3, 0.4) is 0 Å². The third-order valence-electron chi connectivity index (χ3n) is 3.28. The number of carbonyl (C=O) groups excluding carboxylic acids is 1. The minimum atomic E-state index is -0.733. The van der Waals surface area contributed by atoms with Crippen LogP contribution in [0.5, 0.6) is 0 Å². The number of amides is 1. The average Bonchev–Trinajstić information content (AvgIpc) is 2.56. The summed E-state index contributed by atoms with van der Waals surface area (Å²) in [5, 5.41) is 2.83. The second kappa shape index (κ2) is 6.72. The summed E-state index contributed by atoms with van der Waals surface area (Å²) in [4.78, 5) is 20.0. The molecule has 120 valence electrons. The highest BCUT2D eigenvalue weighted by atomic mass is 35.5. The molecule has 0 bridgehead atoms. The second-order valence-electron chi connectivity index (χ2n) is 4.87. The number of nitrogens with one attached hydrogen (secondary N) is 1. The van der Waals surface area contributed by atoms with E-state index in [2.05, 4.69) is 15.3 Å². The highest BCUT2D eigenvalue weighted by Crippen LogP contribution is 2.30. The largest absolute Gasteiger partial charge is 0.320 e. The highest BCUT2D eigenvalue weighted by molar-refractivity contribution is 6.29. The zero-order valence-electron chi connectivity index (χ0n) is 12.1. The van der Waals surface area contributed by atoms with Crippen molar-refractivity contribution >= 4 is 23.2 Å². The van der Waals surface area contributed by atoms with Crippen LogP contribution in [0, 0.1) is 11.6 Å². The van der Waals surface area contributed by atoms with Crippen LogP contribution in [0.25, 0.3) is 11.1 Å². The molecule has 0 unspecified atom stereocenters. The van der Waals surface area contributed by atoms with Gasteiger partial charge in [0.25, 0.3) is 5.91 Å². The number of benzene rings is 1. The topological polar surface area (TPSA) is 54.9 Å². The van der Waals surface area contributed by atoms with Gasteiger partial charge in [0.1, 0.15) is 16.8 Å². The fraction of sp³-hybridized carbons (Fsp3) is 0. The molecule has 2 aromatic heterocycles. The van der Waals surface area contributed by atoms with E-state index in [9.17, 15) is 13.6 Å². The number of anilines is 1. The molecule has 3 rings (SSSR count). The Morgan fingerprint density at radius 1 is 1.04 bits per heavy atom. The molecule has 0 aliphatic heterocycles. The summed E-state index contributed by atoms with van der Waals surface area (Å²) in [5.74, 6) is -1.86. The number of rotatable bonds is 3. The van der Waals surface area contributed by atoms with Gasteiger partial charge < -0.3 is 5.32 Å². The normalized spacial score (nSPS) is 10.5. The molecule has 2 heterocycles. The van der Waals surface area contributed by atoms with E-state index >= 15 is 0 Å². The molecule has 1 amide bonds. The lowest BCUT2D eigenvalue weighted by atomic mass is 10.0. The molecule has 0 atom stereocenters. The lowest BCUT2D eigenvalue weighted by molar-refractivity contribution is 0.102. The van der Waals surface area contributed by atoms with Crippen molar-refractivity contribution in [3.63, 3.8) is 0 Å². The van der Waals surface area contributed by atoms with Gasteiger partial charge in [-0.25, -0.2) is 13.8 Å². The van der Waals surface area contributed by atoms with E-state index in [-0.39, 0.29) is 10.7 Å². The van der Waals surface area contributed by atoms with Gasteiger partial charge in [0, 0.05) is 35.2 Å². The van der Waals surface area contributed by atoms with Gasteiger partial charge in [-0.3, -0.25) is 9.78 Å². The molecular formula is C17H10ClF2N3O. The standard InChI is InChI=1S/C17H10ClF2N3O/c18-16-7-10(3-6-22-16)17(24)23-15-9-21-5-4-13(15)12-2-1-11(19)8-14(12)20/h1-9H,(H,23,24). The minimum absolute atomic E-state index is 0.155. The Kier molecular flexibility index (Phi) is 4.48. The lowest BCUT2D eigenvalue weighted by Gasteiger charge is -2.11. The van der Waals surface area contributed by atoms with E-state index in [1.54, 1.807) is 0 Å². The molecule has 1 aromatic carbocycles. The first kappa shape index (κ1) is 16.0. The molecular weight excluding hydrogens is 336 g/mol. The van der Waals surface area contributed by atoms with Crippen molar-refractivity contribution in [2.45, 2.75) is 0 Å². The quantitative estimate of drug-likeness (QED) is 0.719. The Morgan fingerprint density at radius 2 is 1.88 bits per heavy atom. The van der Waals surface area contributed by atoms with Gasteiger partial charge in [0.2, 0.25) is 0 Å².